The number of alkyl halides is 3. The van der Waals surface area contributed by atoms with Crippen LogP contribution in [0.1, 0.15) is 49.9 Å². The van der Waals surface area contributed by atoms with Gasteiger partial charge < -0.3 is 25.6 Å². The molecule has 3 rings (SSSR count). The van der Waals surface area contributed by atoms with E-state index < -0.39 is 33.9 Å². The van der Waals surface area contributed by atoms with Crippen LogP contribution in [0.25, 0.3) is 0 Å². The fourth-order valence-corrected chi connectivity index (χ4v) is 6.46. The van der Waals surface area contributed by atoms with Gasteiger partial charge in [-0.3, -0.25) is 9.59 Å². The zero-order valence-corrected chi connectivity index (χ0v) is 22.2. The zero-order chi connectivity index (χ0) is 27.7. The van der Waals surface area contributed by atoms with Gasteiger partial charge in [0.25, 0.3) is 5.91 Å². The molecule has 13 heteroatoms. The van der Waals surface area contributed by atoms with Crippen LogP contribution in [-0.2, 0) is 14.6 Å². The summed E-state index contributed by atoms with van der Waals surface area (Å²) in [6.45, 7) is 4.49. The lowest BCUT2D eigenvalue weighted by molar-refractivity contribution is -0.274. The van der Waals surface area contributed by atoms with Crippen molar-refractivity contribution >= 4 is 27.3 Å². The van der Waals surface area contributed by atoms with Gasteiger partial charge in [0.2, 0.25) is 5.91 Å². The van der Waals surface area contributed by atoms with E-state index >= 15 is 0 Å². The molecule has 2 fully saturated rings. The maximum atomic E-state index is 13.3. The number of ether oxygens (including phenoxy) is 1. The van der Waals surface area contributed by atoms with E-state index in [1.165, 1.54) is 6.26 Å². The number of carbonyl (C=O) groups is 2. The van der Waals surface area contributed by atoms with Gasteiger partial charge in [0, 0.05) is 36.6 Å². The molecule has 208 valence electrons. The second-order valence-corrected chi connectivity index (χ2v) is 12.5. The molecule has 1 aliphatic heterocycles. The highest BCUT2D eigenvalue weighted by Crippen LogP contribution is 2.35. The average Bonchev–Trinajstić information content (AvgIpc) is 3.12. The van der Waals surface area contributed by atoms with E-state index in [0.717, 1.165) is 24.6 Å². The maximum absolute atomic E-state index is 13.3. The number of carbonyl (C=O) groups excluding carboxylic acids is 2. The molecule has 0 aromatic heterocycles. The van der Waals surface area contributed by atoms with Crippen LogP contribution < -0.4 is 15.8 Å². The summed E-state index contributed by atoms with van der Waals surface area (Å²) in [7, 11) is -1.28. The Morgan fingerprint density at radius 3 is 2.54 bits per heavy atom. The zero-order valence-electron chi connectivity index (χ0n) is 21.4. The first-order valence-corrected chi connectivity index (χ1v) is 14.3. The van der Waals surface area contributed by atoms with E-state index in [9.17, 15) is 31.2 Å². The molecule has 37 heavy (non-hydrogen) atoms. The van der Waals surface area contributed by atoms with Crippen molar-refractivity contribution in [3.63, 3.8) is 0 Å². The first kappa shape index (κ1) is 29.0. The van der Waals surface area contributed by atoms with Crippen molar-refractivity contribution in [2.24, 2.45) is 5.92 Å². The number of rotatable bonds is 8. The summed E-state index contributed by atoms with van der Waals surface area (Å²) in [6.07, 6.45) is -1.37. The molecule has 3 N–H and O–H groups in total. The third-order valence-corrected chi connectivity index (χ3v) is 8.30. The van der Waals surface area contributed by atoms with E-state index in [-0.39, 0.29) is 40.9 Å². The van der Waals surface area contributed by atoms with Crippen LogP contribution in [-0.4, -0.2) is 86.2 Å². The SMILES string of the molecule is CC(C)N(C)[C@@H]1CC[C@H](N2CC[C@H](NC(=O)c3cc(OC(F)(F)F)ccc3N)C2=O)[C@@H](CS(C)(=O)=O)C1. The Morgan fingerprint density at radius 1 is 1.27 bits per heavy atom. The van der Waals surface area contributed by atoms with E-state index in [1.807, 2.05) is 7.05 Å². The Hall–Kier alpha value is -2.54. The van der Waals surface area contributed by atoms with Gasteiger partial charge in [-0.15, -0.1) is 13.2 Å². The van der Waals surface area contributed by atoms with E-state index in [1.54, 1.807) is 4.90 Å². The second kappa shape index (κ2) is 11.1. The van der Waals surface area contributed by atoms with Gasteiger partial charge >= 0.3 is 6.36 Å². The molecular weight excluding hydrogens is 513 g/mol. The van der Waals surface area contributed by atoms with Crippen LogP contribution >= 0.6 is 0 Å². The molecular formula is C24H35F3N4O5S. The Labute approximate surface area is 215 Å². The van der Waals surface area contributed by atoms with Crippen molar-refractivity contribution in [2.45, 2.75) is 70.1 Å². The quantitative estimate of drug-likeness (QED) is 0.479. The Morgan fingerprint density at radius 2 is 1.95 bits per heavy atom. The summed E-state index contributed by atoms with van der Waals surface area (Å²) in [5, 5.41) is 2.58. The number of halogens is 3. The van der Waals surface area contributed by atoms with Gasteiger partial charge in [0.15, 0.2) is 0 Å². The molecule has 1 aliphatic carbocycles. The van der Waals surface area contributed by atoms with Gasteiger partial charge in [-0.25, -0.2) is 8.42 Å². The number of nitrogens with two attached hydrogens (primary N) is 1. The molecule has 2 amide bonds. The average molecular weight is 549 g/mol. The van der Waals surface area contributed by atoms with Gasteiger partial charge in [-0.2, -0.15) is 0 Å². The topological polar surface area (TPSA) is 122 Å². The van der Waals surface area contributed by atoms with Crippen molar-refractivity contribution in [1.82, 2.24) is 15.1 Å². The van der Waals surface area contributed by atoms with Gasteiger partial charge in [0.05, 0.1) is 11.3 Å². The highest BCUT2D eigenvalue weighted by molar-refractivity contribution is 7.90. The van der Waals surface area contributed by atoms with Crippen LogP contribution in [0.5, 0.6) is 5.75 Å². The predicted molar refractivity (Wildman–Crippen MR) is 133 cm³/mol. The van der Waals surface area contributed by atoms with Crippen molar-refractivity contribution in [1.29, 1.82) is 0 Å². The summed E-state index contributed by atoms with van der Waals surface area (Å²) in [4.78, 5) is 30.0. The Kier molecular flexibility index (Phi) is 8.68. The maximum Gasteiger partial charge on any atom is 0.573 e. The fourth-order valence-electron chi connectivity index (χ4n) is 5.32. The smallest absolute Gasteiger partial charge is 0.406 e. The molecule has 0 radical (unpaired) electrons. The summed E-state index contributed by atoms with van der Waals surface area (Å²) in [6, 6.07) is 2.32. The minimum absolute atomic E-state index is 0.0383. The van der Waals surface area contributed by atoms with Crippen LogP contribution in [0, 0.1) is 5.92 Å². The van der Waals surface area contributed by atoms with E-state index in [0.29, 0.717) is 31.8 Å². The van der Waals surface area contributed by atoms with Crippen molar-refractivity contribution in [3.05, 3.63) is 23.8 Å². The molecule has 1 saturated heterocycles. The lowest BCUT2D eigenvalue weighted by Crippen LogP contribution is -2.53. The minimum atomic E-state index is -4.93. The summed E-state index contributed by atoms with van der Waals surface area (Å²) >= 11 is 0. The Bertz CT molecular complexity index is 1110. The van der Waals surface area contributed by atoms with E-state index in [2.05, 4.69) is 28.8 Å². The molecule has 4 atom stereocenters. The molecule has 0 bridgehead atoms. The number of nitrogen functional groups attached to an aromatic ring is 1. The summed E-state index contributed by atoms with van der Waals surface area (Å²) < 4.78 is 66.0. The molecule has 1 aromatic carbocycles. The third-order valence-electron chi connectivity index (χ3n) is 7.27. The fraction of sp³-hybridized carbons (Fsp3) is 0.667. The number of benzene rings is 1. The number of likely N-dealkylation sites (tertiary alicyclic amines) is 1. The number of nitrogens with one attached hydrogen (secondary N) is 1. The van der Waals surface area contributed by atoms with Crippen LogP contribution in [0.4, 0.5) is 18.9 Å². The summed E-state index contributed by atoms with van der Waals surface area (Å²) in [5.41, 5.74) is 5.49. The first-order valence-electron chi connectivity index (χ1n) is 12.2. The monoisotopic (exact) mass is 548 g/mol. The molecule has 9 nitrogen and oxygen atoms in total. The number of nitrogens with zero attached hydrogens (tertiary/aromatic N) is 2. The minimum Gasteiger partial charge on any atom is -0.406 e. The number of anilines is 1. The third kappa shape index (κ3) is 7.50. The Balaban J connectivity index is 1.73. The number of hydrogen-bond donors (Lipinski definition) is 2. The first-order chi connectivity index (χ1) is 17.1. The van der Waals surface area contributed by atoms with E-state index in [4.69, 9.17) is 5.73 Å². The van der Waals surface area contributed by atoms with Crippen LogP contribution in [0.2, 0.25) is 0 Å². The normalized spacial score (nSPS) is 25.1. The van der Waals surface area contributed by atoms with Gasteiger partial charge in [0.1, 0.15) is 21.6 Å². The van der Waals surface area contributed by atoms with Crippen molar-refractivity contribution in [3.8, 4) is 5.75 Å². The lowest BCUT2D eigenvalue weighted by atomic mass is 9.81. The molecule has 1 saturated carbocycles. The molecule has 1 heterocycles. The van der Waals surface area contributed by atoms with Crippen LogP contribution in [0.3, 0.4) is 0 Å². The van der Waals surface area contributed by atoms with Crippen molar-refractivity contribution < 1.29 is 35.9 Å². The lowest BCUT2D eigenvalue weighted by Gasteiger charge is -2.44. The van der Waals surface area contributed by atoms with Crippen molar-refractivity contribution in [2.75, 3.05) is 31.3 Å². The highest BCUT2D eigenvalue weighted by atomic mass is 32.2. The molecule has 2 aliphatic rings. The number of hydrogen-bond acceptors (Lipinski definition) is 7. The molecule has 1 aromatic rings. The largest absolute Gasteiger partial charge is 0.573 e. The predicted octanol–water partition coefficient (Wildman–Crippen LogP) is 2.42. The number of amides is 2. The second-order valence-electron chi connectivity index (χ2n) is 10.3. The molecule has 0 spiro atoms. The molecule has 0 unspecified atom stereocenters. The van der Waals surface area contributed by atoms with Crippen LogP contribution in [0.15, 0.2) is 18.2 Å². The highest BCUT2D eigenvalue weighted by Gasteiger charge is 2.44. The van der Waals surface area contributed by atoms with Gasteiger partial charge in [-0.1, -0.05) is 0 Å². The summed E-state index contributed by atoms with van der Waals surface area (Å²) in [5.74, 6) is -2.02. The number of sulfone groups is 1. The standard InChI is InChI=1S/C24H35F3N4O5S/c1-14(2)30(3)16-5-8-21(15(11-16)13-37(4,34)35)31-10-9-20(23(31)33)29-22(32)18-12-17(6-7-19(18)28)36-24(25,26)27/h6-7,12,14-16,20-21H,5,8-11,13,28H2,1-4H3,(H,29,32)/t15-,16-,20+,21+/m1/s1. The van der Waals surface area contributed by atoms with Gasteiger partial charge in [-0.05, 0) is 70.7 Å².